The van der Waals surface area contributed by atoms with E-state index in [0.29, 0.717) is 23.1 Å². The van der Waals surface area contributed by atoms with Gasteiger partial charge in [-0.3, -0.25) is 23.9 Å². The van der Waals surface area contributed by atoms with Crippen molar-refractivity contribution >= 4 is 56.5 Å². The summed E-state index contributed by atoms with van der Waals surface area (Å²) < 4.78 is 1.61. The smallest absolute Gasteiger partial charge is 0.263 e. The Kier molecular flexibility index (Phi) is 5.84. The van der Waals surface area contributed by atoms with E-state index in [4.69, 9.17) is 4.98 Å². The number of thioether (sulfide) groups is 1. The lowest BCUT2D eigenvalue weighted by Crippen LogP contribution is -2.45. The van der Waals surface area contributed by atoms with Crippen molar-refractivity contribution in [3.05, 3.63) is 57.7 Å². The molecule has 7 nitrogen and oxygen atoms in total. The van der Waals surface area contributed by atoms with Gasteiger partial charge in [0.25, 0.3) is 5.56 Å². The van der Waals surface area contributed by atoms with Crippen LogP contribution in [-0.2, 0) is 29.0 Å². The number of rotatable bonds is 5. The Morgan fingerprint density at radius 3 is 2.91 bits per heavy atom. The van der Waals surface area contributed by atoms with E-state index in [1.165, 1.54) is 21.5 Å². The van der Waals surface area contributed by atoms with Crippen LogP contribution in [-0.4, -0.2) is 33.2 Å². The van der Waals surface area contributed by atoms with Crippen molar-refractivity contribution in [3.63, 3.8) is 0 Å². The van der Waals surface area contributed by atoms with Crippen molar-refractivity contribution in [2.75, 3.05) is 16.8 Å². The van der Waals surface area contributed by atoms with Crippen LogP contribution in [0.2, 0.25) is 0 Å². The quantitative estimate of drug-likeness (QED) is 0.339. The summed E-state index contributed by atoms with van der Waals surface area (Å²) in [5, 5.41) is 3.49. The van der Waals surface area contributed by atoms with E-state index >= 15 is 0 Å². The number of hydrogen-bond acceptors (Lipinski definition) is 6. The summed E-state index contributed by atoms with van der Waals surface area (Å²) in [7, 11) is 0. The standard InChI is InChI=1S/C24H24N4O3S2/c1-3-12-27-23(31)20-15-8-4-7-11-18(15)33-21(20)26-24(27)32-14(2)22(30)28-13-19(29)25-16-9-5-6-10-17(16)28/h3,5-6,9-10,14H,1,4,7-8,11-13H2,2H3,(H,25,29). The maximum atomic E-state index is 13.5. The van der Waals surface area contributed by atoms with Crippen LogP contribution in [0.1, 0.15) is 30.2 Å². The second kappa shape index (κ2) is 8.79. The maximum Gasteiger partial charge on any atom is 0.263 e. The lowest BCUT2D eigenvalue weighted by molar-refractivity contribution is -0.121. The molecule has 1 aliphatic carbocycles. The van der Waals surface area contributed by atoms with Crippen molar-refractivity contribution < 1.29 is 9.59 Å². The number of para-hydroxylation sites is 2. The van der Waals surface area contributed by atoms with Crippen LogP contribution in [0, 0.1) is 0 Å². The van der Waals surface area contributed by atoms with Gasteiger partial charge in [0.05, 0.1) is 22.0 Å². The molecule has 1 N–H and O–H groups in total. The Hall–Kier alpha value is -2.91. The van der Waals surface area contributed by atoms with Gasteiger partial charge in [0.15, 0.2) is 5.16 Å². The second-order valence-corrected chi connectivity index (χ2v) is 10.6. The average Bonchev–Trinajstić information content (AvgIpc) is 3.19. The number of carbonyl (C=O) groups excluding carboxylic acids is 2. The average molecular weight is 481 g/mol. The van der Waals surface area contributed by atoms with E-state index in [0.717, 1.165) is 41.5 Å². The first-order valence-corrected chi connectivity index (χ1v) is 12.7. The summed E-state index contributed by atoms with van der Waals surface area (Å²) in [4.78, 5) is 47.3. The van der Waals surface area contributed by atoms with Gasteiger partial charge in [-0.15, -0.1) is 17.9 Å². The molecule has 33 heavy (non-hydrogen) atoms. The van der Waals surface area contributed by atoms with E-state index in [1.54, 1.807) is 35.0 Å². The summed E-state index contributed by atoms with van der Waals surface area (Å²) in [6.07, 6.45) is 5.81. The van der Waals surface area contributed by atoms with E-state index < -0.39 is 5.25 Å². The highest BCUT2D eigenvalue weighted by molar-refractivity contribution is 8.00. The van der Waals surface area contributed by atoms with Gasteiger partial charge in [-0.1, -0.05) is 30.0 Å². The van der Waals surface area contributed by atoms with E-state index in [-0.39, 0.29) is 23.9 Å². The first-order chi connectivity index (χ1) is 16.0. The highest BCUT2D eigenvalue weighted by Crippen LogP contribution is 2.36. The largest absolute Gasteiger partial charge is 0.323 e. The SMILES string of the molecule is C=CCn1c(SC(C)C(=O)N2CC(=O)Nc3ccccc32)nc2sc3c(c2c1=O)CCCC3. The third-order valence-electron chi connectivity index (χ3n) is 6.02. The number of nitrogens with zero attached hydrogens (tertiary/aromatic N) is 3. The number of amides is 2. The fraction of sp³-hybridized carbons (Fsp3) is 0.333. The topological polar surface area (TPSA) is 84.3 Å². The van der Waals surface area contributed by atoms with E-state index in [9.17, 15) is 14.4 Å². The van der Waals surface area contributed by atoms with Gasteiger partial charge in [-0.05, 0) is 50.3 Å². The van der Waals surface area contributed by atoms with Gasteiger partial charge in [0, 0.05) is 11.4 Å². The molecular formula is C24H24N4O3S2. The minimum atomic E-state index is -0.543. The molecule has 2 amide bonds. The molecule has 170 valence electrons. The molecule has 0 bridgehead atoms. The molecule has 1 aliphatic heterocycles. The van der Waals surface area contributed by atoms with Crippen LogP contribution in [0.5, 0.6) is 0 Å². The molecule has 9 heteroatoms. The number of allylic oxidation sites excluding steroid dienone is 1. The minimum absolute atomic E-state index is 0.0374. The molecule has 0 saturated heterocycles. The number of aryl methyl sites for hydroxylation is 2. The zero-order valence-corrected chi connectivity index (χ0v) is 19.9. The minimum Gasteiger partial charge on any atom is -0.323 e. The van der Waals surface area contributed by atoms with Gasteiger partial charge in [0.1, 0.15) is 11.4 Å². The molecule has 2 aliphatic rings. The predicted molar refractivity (Wildman–Crippen MR) is 133 cm³/mol. The predicted octanol–water partition coefficient (Wildman–Crippen LogP) is 3.99. The zero-order chi connectivity index (χ0) is 23.1. The summed E-state index contributed by atoms with van der Waals surface area (Å²) in [5.74, 6) is -0.432. The Labute approximate surface area is 199 Å². The number of fused-ring (bicyclic) bond motifs is 4. The molecule has 0 fully saturated rings. The van der Waals surface area contributed by atoms with Gasteiger partial charge in [-0.2, -0.15) is 0 Å². The summed E-state index contributed by atoms with van der Waals surface area (Å²) >= 11 is 2.85. The molecule has 3 heterocycles. The summed E-state index contributed by atoms with van der Waals surface area (Å²) in [5.41, 5.74) is 2.37. The molecule has 0 radical (unpaired) electrons. The Bertz CT molecular complexity index is 1340. The highest BCUT2D eigenvalue weighted by Gasteiger charge is 2.31. The maximum absolute atomic E-state index is 13.5. The summed E-state index contributed by atoms with van der Waals surface area (Å²) in [6, 6.07) is 7.25. The normalized spacial score (nSPS) is 16.2. The number of benzene rings is 1. The molecule has 1 aromatic carbocycles. The Morgan fingerprint density at radius 1 is 1.30 bits per heavy atom. The number of carbonyl (C=O) groups is 2. The van der Waals surface area contributed by atoms with Crippen molar-refractivity contribution in [2.45, 2.75) is 49.6 Å². The van der Waals surface area contributed by atoms with Crippen molar-refractivity contribution in [2.24, 2.45) is 0 Å². The van der Waals surface area contributed by atoms with Crippen LogP contribution < -0.4 is 15.8 Å². The number of anilines is 2. The molecule has 5 rings (SSSR count). The Morgan fingerprint density at radius 2 is 2.09 bits per heavy atom. The molecule has 0 spiro atoms. The first-order valence-electron chi connectivity index (χ1n) is 11.0. The monoisotopic (exact) mass is 480 g/mol. The van der Waals surface area contributed by atoms with Crippen molar-refractivity contribution in [1.82, 2.24) is 9.55 Å². The molecule has 0 saturated carbocycles. The second-order valence-electron chi connectivity index (χ2n) is 8.24. The van der Waals surface area contributed by atoms with Crippen LogP contribution in [0.15, 0.2) is 46.9 Å². The van der Waals surface area contributed by atoms with Gasteiger partial charge < -0.3 is 5.32 Å². The lowest BCUT2D eigenvalue weighted by atomic mass is 9.97. The van der Waals surface area contributed by atoms with Crippen LogP contribution in [0.3, 0.4) is 0 Å². The zero-order valence-electron chi connectivity index (χ0n) is 18.3. The summed E-state index contributed by atoms with van der Waals surface area (Å²) in [6.45, 7) is 5.88. The van der Waals surface area contributed by atoms with Crippen molar-refractivity contribution in [1.29, 1.82) is 0 Å². The van der Waals surface area contributed by atoms with Crippen LogP contribution >= 0.6 is 23.1 Å². The number of aromatic nitrogens is 2. The fourth-order valence-corrected chi connectivity index (χ4v) is 6.74. The Balaban J connectivity index is 1.50. The van der Waals surface area contributed by atoms with Gasteiger partial charge in [-0.25, -0.2) is 4.98 Å². The molecule has 2 aromatic heterocycles. The van der Waals surface area contributed by atoms with E-state index in [1.807, 2.05) is 18.2 Å². The van der Waals surface area contributed by atoms with Crippen LogP contribution in [0.25, 0.3) is 10.2 Å². The molecule has 1 atom stereocenters. The fourth-order valence-electron chi connectivity index (χ4n) is 4.46. The first kappa shape index (κ1) is 21.9. The number of hydrogen-bond donors (Lipinski definition) is 1. The van der Waals surface area contributed by atoms with Crippen molar-refractivity contribution in [3.8, 4) is 0 Å². The molecule has 1 unspecified atom stereocenters. The number of nitrogens with one attached hydrogen (secondary N) is 1. The molecule has 3 aromatic rings. The third kappa shape index (κ3) is 3.89. The van der Waals surface area contributed by atoms with Gasteiger partial charge >= 0.3 is 0 Å². The highest BCUT2D eigenvalue weighted by atomic mass is 32.2. The number of thiophene rings is 1. The third-order valence-corrected chi connectivity index (χ3v) is 8.28. The van der Waals surface area contributed by atoms with Crippen LogP contribution in [0.4, 0.5) is 11.4 Å². The van der Waals surface area contributed by atoms with E-state index in [2.05, 4.69) is 11.9 Å². The lowest BCUT2D eigenvalue weighted by Gasteiger charge is -2.30. The molecular weight excluding hydrogens is 456 g/mol. The van der Waals surface area contributed by atoms with Gasteiger partial charge in [0.2, 0.25) is 11.8 Å².